The van der Waals surface area contributed by atoms with Crippen molar-refractivity contribution < 1.29 is 18.6 Å². The molecular weight excluding hydrogens is 398 g/mol. The smallest absolute Gasteiger partial charge is 0.131 e. The number of aromatic nitrogens is 1. The van der Waals surface area contributed by atoms with Crippen LogP contribution in [-0.2, 0) is 13.1 Å². The van der Waals surface area contributed by atoms with Crippen LogP contribution in [0.15, 0.2) is 42.6 Å². The van der Waals surface area contributed by atoms with Crippen molar-refractivity contribution in [2.24, 2.45) is 5.92 Å². The van der Waals surface area contributed by atoms with Crippen LogP contribution in [0.25, 0.3) is 10.9 Å². The Bertz CT molecular complexity index is 1050. The van der Waals surface area contributed by atoms with E-state index in [0.717, 1.165) is 61.3 Å². The molecule has 0 radical (unpaired) electrons. The summed E-state index contributed by atoms with van der Waals surface area (Å²) in [7, 11) is 0. The molecule has 3 aromatic rings. The maximum atomic E-state index is 14.3. The fourth-order valence-corrected chi connectivity index (χ4v) is 4.37. The van der Waals surface area contributed by atoms with Gasteiger partial charge in [0.25, 0.3) is 0 Å². The monoisotopic (exact) mass is 426 g/mol. The summed E-state index contributed by atoms with van der Waals surface area (Å²) in [5.74, 6) is 0.448. The second kappa shape index (κ2) is 8.60. The summed E-state index contributed by atoms with van der Waals surface area (Å²) in [5, 5.41) is 10.9. The van der Waals surface area contributed by atoms with Gasteiger partial charge in [0, 0.05) is 42.3 Å². The van der Waals surface area contributed by atoms with Gasteiger partial charge in [-0.1, -0.05) is 6.07 Å². The third kappa shape index (κ3) is 4.60. The van der Waals surface area contributed by atoms with E-state index in [4.69, 9.17) is 4.74 Å². The first-order valence-corrected chi connectivity index (χ1v) is 11.1. The van der Waals surface area contributed by atoms with Crippen molar-refractivity contribution in [2.45, 2.75) is 44.9 Å². The molecule has 2 heterocycles. The van der Waals surface area contributed by atoms with E-state index in [9.17, 15) is 13.9 Å². The molecule has 2 fully saturated rings. The van der Waals surface area contributed by atoms with Crippen molar-refractivity contribution in [3.63, 3.8) is 0 Å². The van der Waals surface area contributed by atoms with Crippen molar-refractivity contribution in [3.8, 4) is 5.75 Å². The predicted octanol–water partition coefficient (Wildman–Crippen LogP) is 4.71. The molecule has 1 N–H and O–H groups in total. The second-order valence-corrected chi connectivity index (χ2v) is 8.92. The van der Waals surface area contributed by atoms with E-state index in [1.54, 1.807) is 0 Å². The normalized spacial score (nSPS) is 18.0. The highest BCUT2D eigenvalue weighted by Gasteiger charge is 2.23. The van der Waals surface area contributed by atoms with E-state index < -0.39 is 11.6 Å². The van der Waals surface area contributed by atoms with Gasteiger partial charge in [-0.05, 0) is 67.5 Å². The summed E-state index contributed by atoms with van der Waals surface area (Å²) in [5.41, 5.74) is 2.12. The molecule has 164 valence electrons. The minimum atomic E-state index is -0.530. The highest BCUT2D eigenvalue weighted by Crippen LogP contribution is 2.32. The van der Waals surface area contributed by atoms with E-state index in [2.05, 4.69) is 11.0 Å². The lowest BCUT2D eigenvalue weighted by atomic mass is 10.1. The fourth-order valence-electron chi connectivity index (χ4n) is 4.37. The number of piperidine rings is 1. The van der Waals surface area contributed by atoms with Gasteiger partial charge in [0.15, 0.2) is 0 Å². The van der Waals surface area contributed by atoms with Crippen molar-refractivity contribution in [3.05, 3.63) is 65.4 Å². The standard InChI is InChI=1S/C25H28F2N2O2/c26-23-2-1-3-24(27)22(23)15-29-14-18(13-28-10-8-19(30)9-11-28)21-12-20(6-7-25(21)29)31-16-17-4-5-17/h1-3,6-7,12,14,17,19,30H,4-5,8-11,13,15-16H2. The molecule has 1 aliphatic heterocycles. The molecule has 1 saturated heterocycles. The van der Waals surface area contributed by atoms with Crippen LogP contribution in [0, 0.1) is 17.6 Å². The van der Waals surface area contributed by atoms with Gasteiger partial charge in [0.2, 0.25) is 0 Å². The molecule has 5 rings (SSSR count). The zero-order valence-electron chi connectivity index (χ0n) is 17.6. The molecule has 6 heteroatoms. The summed E-state index contributed by atoms with van der Waals surface area (Å²) < 4.78 is 36.5. The molecular formula is C25H28F2N2O2. The van der Waals surface area contributed by atoms with Crippen LogP contribution < -0.4 is 4.74 Å². The van der Waals surface area contributed by atoms with Crippen molar-refractivity contribution in [1.29, 1.82) is 0 Å². The number of fused-ring (bicyclic) bond motifs is 1. The highest BCUT2D eigenvalue weighted by atomic mass is 19.1. The number of hydrogen-bond acceptors (Lipinski definition) is 3. The summed E-state index contributed by atoms with van der Waals surface area (Å²) >= 11 is 0. The lowest BCUT2D eigenvalue weighted by Gasteiger charge is -2.29. The van der Waals surface area contributed by atoms with Crippen LogP contribution in [0.4, 0.5) is 8.78 Å². The maximum absolute atomic E-state index is 14.3. The van der Waals surface area contributed by atoms with E-state index in [1.807, 2.05) is 22.9 Å². The average Bonchev–Trinajstić information content (AvgIpc) is 3.54. The third-order valence-electron chi connectivity index (χ3n) is 6.46. The van der Waals surface area contributed by atoms with E-state index in [-0.39, 0.29) is 18.2 Å². The van der Waals surface area contributed by atoms with Gasteiger partial charge in [0.1, 0.15) is 17.4 Å². The van der Waals surface area contributed by atoms with Gasteiger partial charge >= 0.3 is 0 Å². The molecule has 1 saturated carbocycles. The average molecular weight is 427 g/mol. The SMILES string of the molecule is OC1CCN(Cc2cn(Cc3c(F)cccc3F)c3ccc(OCC4CC4)cc23)CC1. The van der Waals surface area contributed by atoms with Crippen LogP contribution in [0.1, 0.15) is 36.8 Å². The Kier molecular flexibility index (Phi) is 5.67. The Morgan fingerprint density at radius 1 is 0.968 bits per heavy atom. The first-order valence-electron chi connectivity index (χ1n) is 11.1. The summed E-state index contributed by atoms with van der Waals surface area (Å²) in [6, 6.07) is 9.98. The van der Waals surface area contributed by atoms with Crippen molar-refractivity contribution >= 4 is 10.9 Å². The molecule has 0 amide bonds. The van der Waals surface area contributed by atoms with E-state index in [0.29, 0.717) is 5.92 Å². The van der Waals surface area contributed by atoms with E-state index in [1.165, 1.54) is 31.0 Å². The number of aliphatic hydroxyl groups is 1. The van der Waals surface area contributed by atoms with Gasteiger partial charge in [-0.2, -0.15) is 0 Å². The van der Waals surface area contributed by atoms with Gasteiger partial charge in [0.05, 0.1) is 19.3 Å². The topological polar surface area (TPSA) is 37.6 Å². The fraction of sp³-hybridized carbons (Fsp3) is 0.440. The van der Waals surface area contributed by atoms with Crippen molar-refractivity contribution in [1.82, 2.24) is 9.47 Å². The van der Waals surface area contributed by atoms with Crippen LogP contribution in [0.3, 0.4) is 0 Å². The molecule has 0 unspecified atom stereocenters. The maximum Gasteiger partial charge on any atom is 0.131 e. The second-order valence-electron chi connectivity index (χ2n) is 8.92. The number of ether oxygens (including phenoxy) is 1. The Labute approximate surface area is 181 Å². The number of aliphatic hydroxyl groups excluding tert-OH is 1. The molecule has 2 aromatic carbocycles. The molecule has 0 bridgehead atoms. The zero-order valence-corrected chi connectivity index (χ0v) is 17.6. The first kappa shape index (κ1) is 20.5. The van der Waals surface area contributed by atoms with Gasteiger partial charge < -0.3 is 14.4 Å². The molecule has 1 aliphatic carbocycles. The third-order valence-corrected chi connectivity index (χ3v) is 6.46. The minimum Gasteiger partial charge on any atom is -0.493 e. The van der Waals surface area contributed by atoms with Gasteiger partial charge in [-0.15, -0.1) is 0 Å². The van der Waals surface area contributed by atoms with Gasteiger partial charge in [-0.3, -0.25) is 4.90 Å². The highest BCUT2D eigenvalue weighted by molar-refractivity contribution is 5.85. The van der Waals surface area contributed by atoms with Crippen LogP contribution >= 0.6 is 0 Å². The quantitative estimate of drug-likeness (QED) is 0.594. The molecule has 1 aromatic heterocycles. The molecule has 31 heavy (non-hydrogen) atoms. The lowest BCUT2D eigenvalue weighted by Crippen LogP contribution is -2.35. The largest absolute Gasteiger partial charge is 0.493 e. The number of rotatable bonds is 7. The zero-order chi connectivity index (χ0) is 21.4. The first-order chi connectivity index (χ1) is 15.1. The molecule has 0 atom stereocenters. The Hall–Kier alpha value is -2.44. The van der Waals surface area contributed by atoms with Gasteiger partial charge in [-0.25, -0.2) is 8.78 Å². The summed E-state index contributed by atoms with van der Waals surface area (Å²) in [6.07, 6.45) is 5.80. The predicted molar refractivity (Wildman–Crippen MR) is 116 cm³/mol. The van der Waals surface area contributed by atoms with Crippen LogP contribution in [-0.4, -0.2) is 40.4 Å². The molecule has 2 aliphatic rings. The van der Waals surface area contributed by atoms with E-state index >= 15 is 0 Å². The molecule has 0 spiro atoms. The minimum absolute atomic E-state index is 0.0705. The Morgan fingerprint density at radius 3 is 2.42 bits per heavy atom. The number of hydrogen-bond donors (Lipinski definition) is 1. The van der Waals surface area contributed by atoms with Crippen LogP contribution in [0.2, 0.25) is 0 Å². The van der Waals surface area contributed by atoms with Crippen LogP contribution in [0.5, 0.6) is 5.75 Å². The summed E-state index contributed by atoms with van der Waals surface area (Å²) in [6.45, 7) is 3.30. The Balaban J connectivity index is 1.47. The number of nitrogens with zero attached hydrogens (tertiary/aromatic N) is 2. The van der Waals surface area contributed by atoms with Crippen molar-refractivity contribution in [2.75, 3.05) is 19.7 Å². The molecule has 4 nitrogen and oxygen atoms in total. The Morgan fingerprint density at radius 2 is 1.71 bits per heavy atom. The number of benzene rings is 2. The number of halogens is 2. The number of likely N-dealkylation sites (tertiary alicyclic amines) is 1. The lowest BCUT2D eigenvalue weighted by molar-refractivity contribution is 0.0794. The summed E-state index contributed by atoms with van der Waals surface area (Å²) in [4.78, 5) is 2.33.